The maximum atomic E-state index is 6.47. The Kier molecular flexibility index (Phi) is 6.50. The van der Waals surface area contributed by atoms with Crippen molar-refractivity contribution in [3.63, 3.8) is 0 Å². The van der Waals surface area contributed by atoms with Crippen LogP contribution in [0.15, 0.2) is 192 Å². The van der Waals surface area contributed by atoms with E-state index in [1.165, 1.54) is 50.1 Å². The van der Waals surface area contributed by atoms with Gasteiger partial charge in [-0.05, 0) is 86.5 Å². The van der Waals surface area contributed by atoms with Gasteiger partial charge in [0.05, 0.1) is 22.2 Å². The van der Waals surface area contributed by atoms with E-state index >= 15 is 0 Å². The van der Waals surface area contributed by atoms with Crippen molar-refractivity contribution in [2.24, 2.45) is 0 Å². The van der Waals surface area contributed by atoms with Crippen LogP contribution in [0.3, 0.4) is 0 Å². The lowest BCUT2D eigenvalue weighted by atomic mass is 9.66. The first-order valence-electron chi connectivity index (χ1n) is 18.3. The summed E-state index contributed by atoms with van der Waals surface area (Å²) in [6, 6.07) is 68.3. The number of hydrogen-bond donors (Lipinski definition) is 0. The van der Waals surface area contributed by atoms with Crippen molar-refractivity contribution >= 4 is 51.2 Å². The molecule has 0 atom stereocenters. The highest BCUT2D eigenvalue weighted by Gasteiger charge is 2.48. The normalized spacial score (nSPS) is 13.4. The minimum Gasteiger partial charge on any atom is -0.456 e. The molecule has 9 aromatic rings. The molecule has 2 nitrogen and oxygen atoms in total. The van der Waals surface area contributed by atoms with Crippen LogP contribution in [-0.2, 0) is 5.41 Å². The smallest absolute Gasteiger partial charge is 0.137 e. The summed E-state index contributed by atoms with van der Waals surface area (Å²) in [6.45, 7) is 0. The number of nitrogens with zero attached hydrogens (tertiary/aromatic N) is 1. The van der Waals surface area contributed by atoms with Gasteiger partial charge in [-0.15, -0.1) is 0 Å². The predicted octanol–water partition coefficient (Wildman–Crippen LogP) is 13.6. The van der Waals surface area contributed by atoms with Crippen molar-refractivity contribution in [2.75, 3.05) is 4.90 Å². The zero-order chi connectivity index (χ0) is 34.9. The SMILES string of the molecule is C1=Cc2ccccc2C2(c3ccccc31)c1ccccc1-c1cc(N(c3ccccc3-c3ccccc3)c3cccc4oc5ccccc5c34)ccc12. The van der Waals surface area contributed by atoms with Gasteiger partial charge in [-0.3, -0.25) is 0 Å². The zero-order valence-corrected chi connectivity index (χ0v) is 28.9. The molecule has 0 aliphatic heterocycles. The molecule has 53 heavy (non-hydrogen) atoms. The summed E-state index contributed by atoms with van der Waals surface area (Å²) in [5, 5.41) is 2.20. The predicted molar refractivity (Wildman–Crippen MR) is 220 cm³/mol. The van der Waals surface area contributed by atoms with Crippen molar-refractivity contribution in [2.45, 2.75) is 5.41 Å². The minimum absolute atomic E-state index is 0.477. The van der Waals surface area contributed by atoms with Gasteiger partial charge < -0.3 is 9.32 Å². The molecule has 0 fully saturated rings. The van der Waals surface area contributed by atoms with Crippen LogP contribution in [0, 0.1) is 0 Å². The van der Waals surface area contributed by atoms with E-state index in [4.69, 9.17) is 4.42 Å². The van der Waals surface area contributed by atoms with Crippen molar-refractivity contribution in [1.82, 2.24) is 0 Å². The summed E-state index contributed by atoms with van der Waals surface area (Å²) >= 11 is 0. The number of fused-ring (bicyclic) bond motifs is 12. The first kappa shape index (κ1) is 29.8. The van der Waals surface area contributed by atoms with Crippen molar-refractivity contribution in [3.05, 3.63) is 221 Å². The summed E-state index contributed by atoms with van der Waals surface area (Å²) < 4.78 is 6.47. The van der Waals surface area contributed by atoms with Gasteiger partial charge in [-0.25, -0.2) is 0 Å². The van der Waals surface area contributed by atoms with Gasteiger partial charge in [-0.2, -0.15) is 0 Å². The van der Waals surface area contributed by atoms with Gasteiger partial charge in [0.2, 0.25) is 0 Å². The molecular weight excluding hydrogens is 643 g/mol. The molecule has 0 saturated heterocycles. The van der Waals surface area contributed by atoms with E-state index in [-0.39, 0.29) is 0 Å². The van der Waals surface area contributed by atoms with Crippen molar-refractivity contribution in [1.29, 1.82) is 0 Å². The summed E-state index contributed by atoms with van der Waals surface area (Å²) in [6.07, 6.45) is 4.58. The summed E-state index contributed by atoms with van der Waals surface area (Å²) in [5.41, 5.74) is 17.1. The average Bonchev–Trinajstić information content (AvgIpc) is 3.70. The standard InChI is InChI=1S/C51H33NO/c1-2-15-34(16-3-1)38-19-7-12-25-46(38)52(47-26-14-28-49-50(47)40-21-8-13-27-48(40)53-49)37-31-32-45-41(33-37)39-20-6-11-24-44(39)51(45)42-22-9-4-17-35(42)29-30-36-18-5-10-23-43(36)51/h1-33H. The van der Waals surface area contributed by atoms with Crippen LogP contribution in [-0.4, -0.2) is 0 Å². The molecule has 0 bridgehead atoms. The van der Waals surface area contributed by atoms with E-state index in [0.717, 1.165) is 44.6 Å². The van der Waals surface area contributed by atoms with Crippen LogP contribution in [0.4, 0.5) is 17.1 Å². The molecule has 0 saturated carbocycles. The molecular formula is C51H33NO. The van der Waals surface area contributed by atoms with Gasteiger partial charge in [0.15, 0.2) is 0 Å². The van der Waals surface area contributed by atoms with Crippen LogP contribution in [0.25, 0.3) is 56.3 Å². The van der Waals surface area contributed by atoms with E-state index < -0.39 is 5.41 Å². The van der Waals surface area contributed by atoms with Gasteiger partial charge in [0, 0.05) is 16.6 Å². The first-order chi connectivity index (χ1) is 26.3. The number of furan rings is 1. The monoisotopic (exact) mass is 675 g/mol. The molecule has 0 unspecified atom stereocenters. The Morgan fingerprint density at radius 1 is 0.396 bits per heavy atom. The second kappa shape index (κ2) is 11.6. The Bertz CT molecular complexity index is 2860. The lowest BCUT2D eigenvalue weighted by Gasteiger charge is -2.35. The highest BCUT2D eigenvalue weighted by atomic mass is 16.3. The Balaban J connectivity index is 1.23. The van der Waals surface area contributed by atoms with E-state index in [1.807, 2.05) is 6.07 Å². The highest BCUT2D eigenvalue weighted by molar-refractivity contribution is 6.14. The maximum absolute atomic E-state index is 6.47. The third kappa shape index (κ3) is 4.27. The molecule has 0 amide bonds. The topological polar surface area (TPSA) is 16.4 Å². The molecule has 2 aliphatic carbocycles. The van der Waals surface area contributed by atoms with Gasteiger partial charge >= 0.3 is 0 Å². The van der Waals surface area contributed by atoms with Crippen LogP contribution >= 0.6 is 0 Å². The van der Waals surface area contributed by atoms with E-state index in [0.29, 0.717) is 0 Å². The number of hydrogen-bond acceptors (Lipinski definition) is 2. The third-order valence-electron chi connectivity index (χ3n) is 11.3. The number of benzene rings is 8. The Morgan fingerprint density at radius 3 is 1.77 bits per heavy atom. The molecule has 2 aliphatic rings. The van der Waals surface area contributed by atoms with Crippen molar-refractivity contribution < 1.29 is 4.42 Å². The van der Waals surface area contributed by atoms with Gasteiger partial charge in [0.1, 0.15) is 11.2 Å². The fourth-order valence-electron chi connectivity index (χ4n) is 9.16. The second-order valence-corrected chi connectivity index (χ2v) is 14.0. The van der Waals surface area contributed by atoms with Crippen LogP contribution < -0.4 is 4.90 Å². The highest BCUT2D eigenvalue weighted by Crippen LogP contribution is 2.59. The summed E-state index contributed by atoms with van der Waals surface area (Å²) in [5.74, 6) is 0. The second-order valence-electron chi connectivity index (χ2n) is 14.0. The molecule has 248 valence electrons. The molecule has 0 radical (unpaired) electrons. The van der Waals surface area contributed by atoms with Crippen LogP contribution in [0.1, 0.15) is 33.4 Å². The minimum atomic E-state index is -0.477. The van der Waals surface area contributed by atoms with Crippen LogP contribution in [0.5, 0.6) is 0 Å². The fraction of sp³-hybridized carbons (Fsp3) is 0.0196. The molecule has 1 aromatic heterocycles. The summed E-state index contributed by atoms with van der Waals surface area (Å²) in [7, 11) is 0. The molecule has 8 aromatic carbocycles. The van der Waals surface area contributed by atoms with E-state index in [2.05, 4.69) is 199 Å². The fourth-order valence-corrected chi connectivity index (χ4v) is 9.16. The third-order valence-corrected chi connectivity index (χ3v) is 11.3. The molecule has 2 heteroatoms. The van der Waals surface area contributed by atoms with E-state index in [9.17, 15) is 0 Å². The Labute approximate surface area is 308 Å². The molecule has 1 heterocycles. The average molecular weight is 676 g/mol. The number of rotatable bonds is 4. The van der Waals surface area contributed by atoms with Gasteiger partial charge in [-0.1, -0.05) is 164 Å². The number of anilines is 3. The molecule has 1 spiro atoms. The Hall–Kier alpha value is -6.90. The van der Waals surface area contributed by atoms with Crippen LogP contribution in [0.2, 0.25) is 0 Å². The first-order valence-corrected chi connectivity index (χ1v) is 18.3. The van der Waals surface area contributed by atoms with Gasteiger partial charge in [0.25, 0.3) is 0 Å². The van der Waals surface area contributed by atoms with Crippen molar-refractivity contribution in [3.8, 4) is 22.3 Å². The summed E-state index contributed by atoms with van der Waals surface area (Å²) in [4.78, 5) is 2.44. The quantitative estimate of drug-likeness (QED) is 0.185. The number of para-hydroxylation sites is 2. The van der Waals surface area contributed by atoms with E-state index in [1.54, 1.807) is 0 Å². The largest absolute Gasteiger partial charge is 0.456 e. The molecule has 11 rings (SSSR count). The lowest BCUT2D eigenvalue weighted by molar-refractivity contribution is 0.669. The maximum Gasteiger partial charge on any atom is 0.137 e. The zero-order valence-electron chi connectivity index (χ0n) is 28.9. The lowest BCUT2D eigenvalue weighted by Crippen LogP contribution is -2.29. The molecule has 0 N–H and O–H groups in total. The Morgan fingerprint density at radius 2 is 0.981 bits per heavy atom.